The van der Waals surface area contributed by atoms with Crippen LogP contribution in [0.4, 0.5) is 4.39 Å². The average molecular weight is 291 g/mol. The van der Waals surface area contributed by atoms with E-state index in [0.29, 0.717) is 17.7 Å². The Morgan fingerprint density at radius 1 is 1.10 bits per heavy atom. The summed E-state index contributed by atoms with van der Waals surface area (Å²) in [6.45, 7) is 5.33. The summed E-state index contributed by atoms with van der Waals surface area (Å²) in [5.74, 6) is 1.95. The van der Waals surface area contributed by atoms with E-state index in [0.717, 1.165) is 30.9 Å². The van der Waals surface area contributed by atoms with Gasteiger partial charge in [-0.2, -0.15) is 0 Å². The van der Waals surface area contributed by atoms with Crippen molar-refractivity contribution in [3.8, 4) is 5.75 Å². The lowest BCUT2D eigenvalue weighted by atomic mass is 9.80. The smallest absolute Gasteiger partial charge is 0.127 e. The summed E-state index contributed by atoms with van der Waals surface area (Å²) in [6, 6.07) is 5.75. The zero-order chi connectivity index (χ0) is 14.8. The highest BCUT2D eigenvalue weighted by Crippen LogP contribution is 2.32. The first kappa shape index (κ1) is 14.8. The first-order valence-electron chi connectivity index (χ1n) is 8.29. The summed E-state index contributed by atoms with van der Waals surface area (Å²) < 4.78 is 19.8. The first-order chi connectivity index (χ1) is 10.1. The zero-order valence-corrected chi connectivity index (χ0v) is 13.1. The van der Waals surface area contributed by atoms with Gasteiger partial charge in [-0.3, -0.25) is 0 Å². The number of nitrogens with one attached hydrogen (secondary N) is 1. The van der Waals surface area contributed by atoms with Crippen molar-refractivity contribution in [1.82, 2.24) is 5.32 Å². The molecular formula is C18H26FNO. The third kappa shape index (κ3) is 4.19. The Labute approximate surface area is 127 Å². The molecular weight excluding hydrogens is 265 g/mol. The van der Waals surface area contributed by atoms with E-state index in [1.165, 1.54) is 25.3 Å². The van der Waals surface area contributed by atoms with Crippen LogP contribution in [0.1, 0.15) is 51.5 Å². The number of benzene rings is 1. The van der Waals surface area contributed by atoms with E-state index >= 15 is 0 Å². The lowest BCUT2D eigenvalue weighted by Crippen LogP contribution is -2.28. The highest BCUT2D eigenvalue weighted by atomic mass is 19.1. The fourth-order valence-corrected chi connectivity index (χ4v) is 3.14. The van der Waals surface area contributed by atoms with Gasteiger partial charge in [0.25, 0.3) is 0 Å². The summed E-state index contributed by atoms with van der Waals surface area (Å²) in [4.78, 5) is 0. The first-order valence-corrected chi connectivity index (χ1v) is 8.29. The molecule has 3 unspecified atom stereocenters. The lowest BCUT2D eigenvalue weighted by molar-refractivity contribution is 0.100. The minimum Gasteiger partial charge on any atom is -0.490 e. The molecule has 21 heavy (non-hydrogen) atoms. The second-order valence-corrected chi connectivity index (χ2v) is 6.96. The van der Waals surface area contributed by atoms with Crippen LogP contribution in [0.15, 0.2) is 18.2 Å². The molecule has 1 N–H and O–H groups in total. The molecule has 0 heterocycles. The minimum absolute atomic E-state index is 0.197. The van der Waals surface area contributed by atoms with Gasteiger partial charge in [-0.15, -0.1) is 0 Å². The molecule has 3 atom stereocenters. The van der Waals surface area contributed by atoms with Crippen molar-refractivity contribution < 1.29 is 9.13 Å². The second kappa shape index (κ2) is 6.35. The van der Waals surface area contributed by atoms with Crippen LogP contribution in [-0.2, 0) is 6.54 Å². The van der Waals surface area contributed by atoms with Crippen LogP contribution in [0.2, 0.25) is 0 Å². The van der Waals surface area contributed by atoms with Crippen molar-refractivity contribution in [2.75, 3.05) is 0 Å². The average Bonchev–Trinajstić information content (AvgIpc) is 3.24. The van der Waals surface area contributed by atoms with E-state index in [1.54, 1.807) is 6.07 Å². The predicted octanol–water partition coefficient (Wildman–Crippen LogP) is 4.28. The van der Waals surface area contributed by atoms with Gasteiger partial charge < -0.3 is 10.1 Å². The van der Waals surface area contributed by atoms with E-state index in [1.807, 2.05) is 6.07 Å². The van der Waals surface area contributed by atoms with Crippen molar-refractivity contribution in [3.05, 3.63) is 29.6 Å². The molecule has 3 heteroatoms. The maximum atomic E-state index is 13.8. The molecule has 0 aliphatic heterocycles. The summed E-state index contributed by atoms with van der Waals surface area (Å²) in [7, 11) is 0. The highest BCUT2D eigenvalue weighted by Gasteiger charge is 2.26. The van der Waals surface area contributed by atoms with E-state index in [2.05, 4.69) is 19.2 Å². The van der Waals surface area contributed by atoms with Gasteiger partial charge in [0, 0.05) is 18.7 Å². The SMILES string of the molecule is CC1CCC(Oc2cc(F)cc(CNC3CC3)c2)CC1C. The Balaban J connectivity index is 1.61. The maximum absolute atomic E-state index is 13.8. The fourth-order valence-electron chi connectivity index (χ4n) is 3.14. The summed E-state index contributed by atoms with van der Waals surface area (Å²) in [5.41, 5.74) is 0.981. The standard InChI is InChI=1S/C18H26FNO/c1-12-3-6-17(7-13(12)2)21-18-9-14(8-15(19)10-18)11-20-16-4-5-16/h8-10,12-13,16-17,20H,3-7,11H2,1-2H3. The lowest BCUT2D eigenvalue weighted by Gasteiger charge is -2.32. The molecule has 0 bridgehead atoms. The van der Waals surface area contributed by atoms with Crippen LogP contribution in [0.5, 0.6) is 5.75 Å². The fraction of sp³-hybridized carbons (Fsp3) is 0.667. The van der Waals surface area contributed by atoms with Crippen molar-refractivity contribution in [2.24, 2.45) is 11.8 Å². The van der Waals surface area contributed by atoms with Gasteiger partial charge in [-0.25, -0.2) is 4.39 Å². The number of ether oxygens (including phenoxy) is 1. The van der Waals surface area contributed by atoms with E-state index in [-0.39, 0.29) is 11.9 Å². The van der Waals surface area contributed by atoms with Gasteiger partial charge in [0.15, 0.2) is 0 Å². The molecule has 1 aromatic rings. The Kier molecular flexibility index (Phi) is 4.48. The van der Waals surface area contributed by atoms with Crippen molar-refractivity contribution in [1.29, 1.82) is 0 Å². The van der Waals surface area contributed by atoms with E-state index in [4.69, 9.17) is 4.74 Å². The molecule has 0 spiro atoms. The Morgan fingerprint density at radius 3 is 2.62 bits per heavy atom. The Morgan fingerprint density at radius 2 is 1.90 bits per heavy atom. The molecule has 2 fully saturated rings. The van der Waals surface area contributed by atoms with Crippen molar-refractivity contribution in [3.63, 3.8) is 0 Å². The van der Waals surface area contributed by atoms with Crippen LogP contribution in [0.25, 0.3) is 0 Å². The topological polar surface area (TPSA) is 21.3 Å². The van der Waals surface area contributed by atoms with Crippen molar-refractivity contribution >= 4 is 0 Å². The summed E-state index contributed by atoms with van der Waals surface area (Å²) in [6.07, 6.45) is 6.10. The molecule has 2 saturated carbocycles. The summed E-state index contributed by atoms with van der Waals surface area (Å²) in [5, 5.41) is 3.42. The van der Waals surface area contributed by atoms with Gasteiger partial charge in [0.2, 0.25) is 0 Å². The molecule has 2 aliphatic carbocycles. The van der Waals surface area contributed by atoms with Gasteiger partial charge in [0.1, 0.15) is 11.6 Å². The third-order valence-corrected chi connectivity index (χ3v) is 4.96. The molecule has 0 saturated heterocycles. The van der Waals surface area contributed by atoms with Gasteiger partial charge in [-0.05, 0) is 61.6 Å². The molecule has 0 amide bonds. The highest BCUT2D eigenvalue weighted by molar-refractivity contribution is 5.30. The second-order valence-electron chi connectivity index (χ2n) is 6.96. The number of hydrogen-bond donors (Lipinski definition) is 1. The molecule has 1 aromatic carbocycles. The molecule has 2 nitrogen and oxygen atoms in total. The van der Waals surface area contributed by atoms with Crippen LogP contribution < -0.4 is 10.1 Å². The van der Waals surface area contributed by atoms with E-state index < -0.39 is 0 Å². The zero-order valence-electron chi connectivity index (χ0n) is 13.1. The van der Waals surface area contributed by atoms with Gasteiger partial charge >= 0.3 is 0 Å². The van der Waals surface area contributed by atoms with Crippen LogP contribution in [0, 0.1) is 17.7 Å². The largest absolute Gasteiger partial charge is 0.490 e. The minimum atomic E-state index is -0.197. The van der Waals surface area contributed by atoms with Crippen LogP contribution >= 0.6 is 0 Å². The third-order valence-electron chi connectivity index (χ3n) is 4.96. The Bertz CT molecular complexity index is 486. The molecule has 0 aromatic heterocycles. The van der Waals surface area contributed by atoms with Crippen LogP contribution in [-0.4, -0.2) is 12.1 Å². The van der Waals surface area contributed by atoms with E-state index in [9.17, 15) is 4.39 Å². The molecule has 0 radical (unpaired) electrons. The summed E-state index contributed by atoms with van der Waals surface area (Å²) >= 11 is 0. The maximum Gasteiger partial charge on any atom is 0.127 e. The quantitative estimate of drug-likeness (QED) is 0.874. The van der Waals surface area contributed by atoms with Gasteiger partial charge in [0.05, 0.1) is 6.10 Å². The normalized spacial score (nSPS) is 29.4. The molecule has 3 rings (SSSR count). The Hall–Kier alpha value is -1.09. The predicted molar refractivity (Wildman–Crippen MR) is 82.9 cm³/mol. The van der Waals surface area contributed by atoms with Gasteiger partial charge in [-0.1, -0.05) is 13.8 Å². The number of halogens is 1. The number of rotatable bonds is 5. The van der Waals surface area contributed by atoms with Crippen LogP contribution in [0.3, 0.4) is 0 Å². The van der Waals surface area contributed by atoms with Crippen molar-refractivity contribution in [2.45, 2.75) is 64.6 Å². The number of hydrogen-bond acceptors (Lipinski definition) is 2. The molecule has 116 valence electrons. The molecule has 2 aliphatic rings. The monoisotopic (exact) mass is 291 g/mol.